The standard InChI is InChI=1S/C34H30FN5O7S2/c35-25-16-24(6-7-26(25)41)36-27(42)18-37-11-8-21(9-12-37)17-38-13-10-22(31(38)44)15-23-19-49-33-30(32(45)39(33)29(23)34(46)47)40(48)28(43)14-20-4-2-1-3-5-20/h1-9,11-12,15-16,30,33,48H,10,13-14,17-19H2,(H2-,36,41,42,46,47)/p+1/b22-15+/t30-,33-/m1/s1. The van der Waals surface area contributed by atoms with Gasteiger partial charge in [-0.05, 0) is 41.3 Å². The number of hydrogen-bond acceptors (Lipinski definition) is 8. The van der Waals surface area contributed by atoms with E-state index in [-0.39, 0.29) is 41.9 Å². The first kappa shape index (κ1) is 33.7. The fraction of sp³-hybridized carbons (Fsp3) is 0.235. The number of amides is 4. The van der Waals surface area contributed by atoms with Gasteiger partial charge in [-0.1, -0.05) is 43.1 Å². The molecule has 0 saturated carbocycles. The molecule has 2 atom stereocenters. The molecule has 4 heterocycles. The van der Waals surface area contributed by atoms with E-state index in [0.29, 0.717) is 30.7 Å². The van der Waals surface area contributed by atoms with E-state index < -0.39 is 40.8 Å². The fourth-order valence-electron chi connectivity index (χ4n) is 5.87. The van der Waals surface area contributed by atoms with Gasteiger partial charge in [0.05, 0.1) is 6.42 Å². The number of allylic oxidation sites excluding steroid dienone is 1. The lowest BCUT2D eigenvalue weighted by Crippen LogP contribution is -2.69. The van der Waals surface area contributed by atoms with Crippen molar-refractivity contribution in [2.24, 2.45) is 0 Å². The van der Waals surface area contributed by atoms with Gasteiger partial charge in [-0.15, -0.1) is 11.8 Å². The lowest BCUT2D eigenvalue weighted by molar-refractivity contribution is -0.684. The van der Waals surface area contributed by atoms with E-state index in [4.69, 9.17) is 0 Å². The third-order valence-electron chi connectivity index (χ3n) is 8.34. The average molecular weight is 705 g/mol. The van der Waals surface area contributed by atoms with Crippen molar-refractivity contribution in [1.82, 2.24) is 14.1 Å². The minimum absolute atomic E-state index is 0.0471. The Morgan fingerprint density at radius 1 is 1.08 bits per heavy atom. The quantitative estimate of drug-likeness (QED) is 0.0828. The second-order valence-electron chi connectivity index (χ2n) is 11.7. The number of carboxylic acids is 1. The number of thioether (sulfide) groups is 1. The number of fused-ring (bicyclic) bond motifs is 1. The molecule has 252 valence electrons. The number of hydrogen-bond donors (Lipinski definition) is 4. The van der Waals surface area contributed by atoms with Crippen LogP contribution in [0, 0.1) is 5.82 Å². The maximum absolute atomic E-state index is 13.6. The highest BCUT2D eigenvalue weighted by Crippen LogP contribution is 2.44. The number of nitrogens with one attached hydrogen (secondary N) is 1. The number of benzene rings is 2. The minimum Gasteiger partial charge on any atom is -0.505 e. The van der Waals surface area contributed by atoms with Gasteiger partial charge in [-0.3, -0.25) is 28.4 Å². The number of anilines is 1. The van der Waals surface area contributed by atoms with Crippen molar-refractivity contribution >= 4 is 59.9 Å². The van der Waals surface area contributed by atoms with E-state index in [9.17, 15) is 38.6 Å². The summed E-state index contributed by atoms with van der Waals surface area (Å²) in [7, 11) is 0. The maximum Gasteiger partial charge on any atom is 0.352 e. The van der Waals surface area contributed by atoms with Gasteiger partial charge in [-0.25, -0.2) is 9.18 Å². The Morgan fingerprint density at radius 2 is 1.82 bits per heavy atom. The lowest BCUT2D eigenvalue weighted by Gasteiger charge is -2.51. The van der Waals surface area contributed by atoms with Crippen LogP contribution < -0.4 is 9.88 Å². The smallest absolute Gasteiger partial charge is 0.352 e. The van der Waals surface area contributed by atoms with Crippen LogP contribution >= 0.6 is 24.6 Å². The first-order valence-corrected chi connectivity index (χ1v) is 16.7. The number of nitrogens with zero attached hydrogens (tertiary/aromatic N) is 4. The molecular formula is C34H31FN5O7S2+. The second-order valence-corrected chi connectivity index (χ2v) is 13.2. The predicted molar refractivity (Wildman–Crippen MR) is 179 cm³/mol. The summed E-state index contributed by atoms with van der Waals surface area (Å²) in [5.74, 6) is -3.99. The van der Waals surface area contributed by atoms with Crippen LogP contribution in [0.5, 0.6) is 5.75 Å². The monoisotopic (exact) mass is 704 g/mol. The molecule has 0 spiro atoms. The predicted octanol–water partition coefficient (Wildman–Crippen LogP) is 2.65. The number of aliphatic carboxylic acids is 1. The number of β-lactam (4-membered cyclic amide) rings is 1. The summed E-state index contributed by atoms with van der Waals surface area (Å²) < 4.78 is 16.3. The fourth-order valence-corrected chi connectivity index (χ4v) is 7.60. The van der Waals surface area contributed by atoms with Crippen LogP contribution in [0.15, 0.2) is 96.0 Å². The molecule has 2 aromatic carbocycles. The van der Waals surface area contributed by atoms with Crippen LogP contribution in [0.3, 0.4) is 0 Å². The first-order chi connectivity index (χ1) is 23.5. The lowest BCUT2D eigenvalue weighted by atomic mass is 10.0. The Kier molecular flexibility index (Phi) is 9.74. The van der Waals surface area contributed by atoms with Gasteiger partial charge in [0.1, 0.15) is 11.1 Å². The molecular weight excluding hydrogens is 674 g/mol. The zero-order valence-corrected chi connectivity index (χ0v) is 27.6. The highest BCUT2D eigenvalue weighted by molar-refractivity contribution is 8.00. The van der Waals surface area contributed by atoms with Crippen LogP contribution in [0.2, 0.25) is 0 Å². The SMILES string of the molecule is O=C(C[n+]1ccc(CN2CC/C(=C\C3=C(C(=O)O)N4C(=O)[C@@H](N(S)C(=O)Cc5ccccc5)[C@H]4SC3)C2=O)cc1)Nc1ccc(O)c(F)c1. The average Bonchev–Trinajstić information content (AvgIpc) is 3.41. The highest BCUT2D eigenvalue weighted by Gasteiger charge is 2.56. The number of aromatic nitrogens is 1. The Morgan fingerprint density at radius 3 is 2.51 bits per heavy atom. The number of aromatic hydroxyl groups is 1. The van der Waals surface area contributed by atoms with E-state index in [0.717, 1.165) is 27.6 Å². The Balaban J connectivity index is 1.07. The molecule has 49 heavy (non-hydrogen) atoms. The number of carbonyl (C=O) groups excluding carboxylic acids is 4. The number of thiol groups is 1. The first-order valence-electron chi connectivity index (χ1n) is 15.2. The molecule has 2 saturated heterocycles. The number of likely N-dealkylation sites (tertiary alicyclic amines) is 1. The molecule has 12 nitrogen and oxygen atoms in total. The zero-order chi connectivity index (χ0) is 34.8. The summed E-state index contributed by atoms with van der Waals surface area (Å²) in [5.41, 5.74) is 2.37. The molecule has 4 amide bonds. The topological polar surface area (TPSA) is 151 Å². The van der Waals surface area contributed by atoms with E-state index in [1.807, 2.05) is 18.2 Å². The van der Waals surface area contributed by atoms with Crippen molar-refractivity contribution in [3.05, 3.63) is 113 Å². The number of phenolic OH excluding ortho intramolecular Hbond substituents is 1. The zero-order valence-electron chi connectivity index (χ0n) is 25.9. The molecule has 3 aliphatic rings. The normalized spacial score (nSPS) is 19.5. The molecule has 0 bridgehead atoms. The van der Waals surface area contributed by atoms with Gasteiger partial charge in [0.2, 0.25) is 18.4 Å². The molecule has 0 radical (unpaired) electrons. The number of carboxylic acid groups (broad SMARTS) is 1. The van der Waals surface area contributed by atoms with E-state index >= 15 is 0 Å². The van der Waals surface area contributed by atoms with Crippen molar-refractivity contribution < 1.29 is 43.1 Å². The number of rotatable bonds is 10. The van der Waals surface area contributed by atoms with Gasteiger partial charge in [0.25, 0.3) is 11.8 Å². The Hall–Kier alpha value is -5.15. The molecule has 0 aliphatic carbocycles. The molecule has 0 unspecified atom stereocenters. The van der Waals surface area contributed by atoms with Gasteiger partial charge in [-0.2, -0.15) is 4.57 Å². The van der Waals surface area contributed by atoms with Gasteiger partial charge in [0.15, 0.2) is 30.0 Å². The molecule has 1 aromatic heterocycles. The van der Waals surface area contributed by atoms with Crippen molar-refractivity contribution in [3.8, 4) is 5.75 Å². The van der Waals surface area contributed by atoms with Crippen molar-refractivity contribution in [2.75, 3.05) is 17.6 Å². The van der Waals surface area contributed by atoms with E-state index in [1.54, 1.807) is 52.2 Å². The van der Waals surface area contributed by atoms with Crippen molar-refractivity contribution in [2.45, 2.75) is 37.3 Å². The molecule has 3 aliphatic heterocycles. The summed E-state index contributed by atoms with van der Waals surface area (Å²) in [6, 6.07) is 15.2. The van der Waals surface area contributed by atoms with Crippen LogP contribution in [0.4, 0.5) is 10.1 Å². The molecule has 6 rings (SSSR count). The maximum atomic E-state index is 13.6. The molecule has 15 heteroatoms. The Labute approximate surface area is 290 Å². The summed E-state index contributed by atoms with van der Waals surface area (Å²) in [5, 5.41) is 21.4. The van der Waals surface area contributed by atoms with Crippen molar-refractivity contribution in [3.63, 3.8) is 0 Å². The van der Waals surface area contributed by atoms with Crippen LogP contribution in [-0.2, 0) is 43.5 Å². The van der Waals surface area contributed by atoms with Crippen LogP contribution in [0.25, 0.3) is 0 Å². The number of carbonyl (C=O) groups is 5. The van der Waals surface area contributed by atoms with E-state index in [1.165, 1.54) is 22.7 Å². The summed E-state index contributed by atoms with van der Waals surface area (Å²) in [4.78, 5) is 67.0. The van der Waals surface area contributed by atoms with Gasteiger partial charge < -0.3 is 20.4 Å². The number of pyridine rings is 1. The number of halogens is 1. The van der Waals surface area contributed by atoms with Crippen LogP contribution in [0.1, 0.15) is 17.5 Å². The van der Waals surface area contributed by atoms with Crippen LogP contribution in [-0.4, -0.2) is 77.6 Å². The largest absolute Gasteiger partial charge is 0.505 e. The summed E-state index contributed by atoms with van der Waals surface area (Å²) in [6.45, 7) is 0.659. The summed E-state index contributed by atoms with van der Waals surface area (Å²) in [6.07, 6.45) is 5.37. The molecule has 3 aromatic rings. The second kappa shape index (κ2) is 14.1. The molecule has 3 N–H and O–H groups in total. The van der Waals surface area contributed by atoms with E-state index in [2.05, 4.69) is 18.1 Å². The van der Waals surface area contributed by atoms with Gasteiger partial charge in [0, 0.05) is 48.3 Å². The minimum atomic E-state index is -1.30. The van der Waals surface area contributed by atoms with Gasteiger partial charge >= 0.3 is 5.97 Å². The summed E-state index contributed by atoms with van der Waals surface area (Å²) >= 11 is 5.64. The molecule has 2 fully saturated rings. The highest BCUT2D eigenvalue weighted by atomic mass is 32.2. The Bertz CT molecular complexity index is 1900. The third-order valence-corrected chi connectivity index (χ3v) is 10.1. The van der Waals surface area contributed by atoms with Crippen molar-refractivity contribution in [1.29, 1.82) is 0 Å². The number of phenols is 1. The third kappa shape index (κ3) is 7.17.